The van der Waals surface area contributed by atoms with E-state index in [0.717, 1.165) is 25.7 Å². The molecule has 17 heavy (non-hydrogen) atoms. The Balaban J connectivity index is 2.08. The van der Waals surface area contributed by atoms with Crippen LogP contribution in [0.4, 0.5) is 0 Å². The van der Waals surface area contributed by atoms with Crippen LogP contribution in [0.3, 0.4) is 0 Å². The zero-order valence-corrected chi connectivity index (χ0v) is 10.2. The van der Waals surface area contributed by atoms with E-state index in [0.29, 0.717) is 12.8 Å². The molecule has 2 rings (SSSR count). The smallest absolute Gasteiger partial charge is 0.329 e. The van der Waals surface area contributed by atoms with E-state index in [9.17, 15) is 14.7 Å². The molecule has 2 fully saturated rings. The number of rotatable bonds is 4. The maximum absolute atomic E-state index is 12.1. The predicted octanol–water partition coefficient (Wildman–Crippen LogP) is 0.627. The Labute approximate surface area is 101 Å². The zero-order valence-electron chi connectivity index (χ0n) is 10.2. The van der Waals surface area contributed by atoms with Gasteiger partial charge in [-0.3, -0.25) is 4.79 Å². The predicted molar refractivity (Wildman–Crippen MR) is 62.3 cm³/mol. The molecule has 0 aromatic rings. The maximum Gasteiger partial charge on any atom is 0.329 e. The standard InChI is InChI=1S/C12H20N2O3/c1-11(10(16)17,8-4-5-8)14-9(15)12(13)6-2-3-7-12/h8H,2-7,13H2,1H3,(H,14,15)(H,16,17). The number of carbonyl (C=O) groups is 2. The summed E-state index contributed by atoms with van der Waals surface area (Å²) in [6, 6.07) is 0. The minimum atomic E-state index is -1.15. The number of carboxylic acid groups (broad SMARTS) is 1. The van der Waals surface area contributed by atoms with Gasteiger partial charge in [-0.15, -0.1) is 0 Å². The molecule has 0 radical (unpaired) electrons. The zero-order chi connectivity index (χ0) is 12.7. The molecule has 0 aromatic heterocycles. The number of hydrogen-bond donors (Lipinski definition) is 3. The van der Waals surface area contributed by atoms with Gasteiger partial charge in [0.1, 0.15) is 5.54 Å². The van der Waals surface area contributed by atoms with Gasteiger partial charge in [-0.05, 0) is 38.5 Å². The lowest BCUT2D eigenvalue weighted by Crippen LogP contribution is -2.62. The van der Waals surface area contributed by atoms with Crippen molar-refractivity contribution >= 4 is 11.9 Å². The first-order chi connectivity index (χ1) is 7.88. The molecule has 4 N–H and O–H groups in total. The Morgan fingerprint density at radius 1 is 1.35 bits per heavy atom. The van der Waals surface area contributed by atoms with Crippen molar-refractivity contribution in [1.29, 1.82) is 0 Å². The first kappa shape index (κ1) is 12.4. The van der Waals surface area contributed by atoms with Gasteiger partial charge in [0.2, 0.25) is 5.91 Å². The van der Waals surface area contributed by atoms with Gasteiger partial charge in [0.05, 0.1) is 5.54 Å². The van der Waals surface area contributed by atoms with E-state index < -0.39 is 17.0 Å². The molecule has 5 heteroatoms. The van der Waals surface area contributed by atoms with Crippen LogP contribution in [0.2, 0.25) is 0 Å². The van der Waals surface area contributed by atoms with Crippen LogP contribution < -0.4 is 11.1 Å². The second kappa shape index (κ2) is 3.98. The summed E-state index contributed by atoms with van der Waals surface area (Å²) >= 11 is 0. The number of carbonyl (C=O) groups excluding carboxylic acids is 1. The molecule has 5 nitrogen and oxygen atoms in total. The molecule has 0 bridgehead atoms. The van der Waals surface area contributed by atoms with Crippen LogP contribution in [0.15, 0.2) is 0 Å². The van der Waals surface area contributed by atoms with Crippen molar-refractivity contribution in [2.45, 2.75) is 56.5 Å². The van der Waals surface area contributed by atoms with Gasteiger partial charge < -0.3 is 16.2 Å². The third-order valence-electron chi connectivity index (χ3n) is 4.16. The van der Waals surface area contributed by atoms with E-state index >= 15 is 0 Å². The summed E-state index contributed by atoms with van der Waals surface area (Å²) in [7, 11) is 0. The van der Waals surface area contributed by atoms with Gasteiger partial charge in [0.15, 0.2) is 0 Å². The number of nitrogens with one attached hydrogen (secondary N) is 1. The van der Waals surface area contributed by atoms with E-state index in [1.807, 2.05) is 0 Å². The third-order valence-corrected chi connectivity index (χ3v) is 4.16. The van der Waals surface area contributed by atoms with Crippen LogP contribution in [0.1, 0.15) is 45.4 Å². The third kappa shape index (κ3) is 2.16. The van der Waals surface area contributed by atoms with Crippen molar-refractivity contribution in [1.82, 2.24) is 5.32 Å². The van der Waals surface area contributed by atoms with Gasteiger partial charge >= 0.3 is 5.97 Å². The Bertz CT molecular complexity index is 346. The molecule has 2 aliphatic carbocycles. The average molecular weight is 240 g/mol. The summed E-state index contributed by atoms with van der Waals surface area (Å²) in [6.07, 6.45) is 4.91. The quantitative estimate of drug-likeness (QED) is 0.672. The topological polar surface area (TPSA) is 92.4 Å². The van der Waals surface area contributed by atoms with Gasteiger partial charge in [0.25, 0.3) is 0 Å². The molecule has 96 valence electrons. The fraction of sp³-hybridized carbons (Fsp3) is 0.833. The number of amides is 1. The highest BCUT2D eigenvalue weighted by atomic mass is 16.4. The van der Waals surface area contributed by atoms with Crippen LogP contribution >= 0.6 is 0 Å². The lowest BCUT2D eigenvalue weighted by Gasteiger charge is -2.31. The summed E-state index contributed by atoms with van der Waals surface area (Å²) in [5.74, 6) is -1.21. The maximum atomic E-state index is 12.1. The summed E-state index contributed by atoms with van der Waals surface area (Å²) in [5, 5.41) is 11.9. The van der Waals surface area contributed by atoms with Gasteiger partial charge in [0, 0.05) is 0 Å². The van der Waals surface area contributed by atoms with Gasteiger partial charge in [-0.1, -0.05) is 12.8 Å². The van der Waals surface area contributed by atoms with Crippen molar-refractivity contribution in [3.8, 4) is 0 Å². The normalized spacial score (nSPS) is 26.2. The fourth-order valence-electron chi connectivity index (χ4n) is 2.58. The van der Waals surface area contributed by atoms with E-state index in [1.54, 1.807) is 6.92 Å². The number of carboxylic acids is 1. The minimum Gasteiger partial charge on any atom is -0.480 e. The average Bonchev–Trinajstić information content (AvgIpc) is 3.02. The van der Waals surface area contributed by atoms with Crippen LogP contribution in [-0.4, -0.2) is 28.1 Å². The Morgan fingerprint density at radius 3 is 2.29 bits per heavy atom. The van der Waals surface area contributed by atoms with E-state index in [4.69, 9.17) is 5.73 Å². The number of hydrogen-bond acceptors (Lipinski definition) is 3. The molecule has 0 aliphatic heterocycles. The largest absolute Gasteiger partial charge is 0.480 e. The van der Waals surface area contributed by atoms with Crippen molar-refractivity contribution in [2.75, 3.05) is 0 Å². The molecule has 1 amide bonds. The molecule has 0 heterocycles. The Morgan fingerprint density at radius 2 is 1.88 bits per heavy atom. The van der Waals surface area contributed by atoms with Crippen molar-refractivity contribution in [3.05, 3.63) is 0 Å². The minimum absolute atomic E-state index is 0.0500. The Kier molecular flexibility index (Phi) is 2.89. The molecule has 0 spiro atoms. The Hall–Kier alpha value is -1.10. The van der Waals surface area contributed by atoms with Crippen LogP contribution in [0, 0.1) is 5.92 Å². The molecule has 0 saturated heterocycles. The highest BCUT2D eigenvalue weighted by Crippen LogP contribution is 2.40. The summed E-state index contributed by atoms with van der Waals surface area (Å²) in [6.45, 7) is 1.59. The number of aliphatic carboxylic acids is 1. The molecule has 1 atom stereocenters. The van der Waals surface area contributed by atoms with E-state index in [2.05, 4.69) is 5.32 Å². The van der Waals surface area contributed by atoms with E-state index in [1.165, 1.54) is 0 Å². The molecular weight excluding hydrogens is 220 g/mol. The summed E-state index contributed by atoms with van der Waals surface area (Å²) in [4.78, 5) is 23.4. The molecule has 1 unspecified atom stereocenters. The monoisotopic (exact) mass is 240 g/mol. The molecule has 0 aromatic carbocycles. The lowest BCUT2D eigenvalue weighted by molar-refractivity contribution is -0.148. The van der Waals surface area contributed by atoms with Gasteiger partial charge in [-0.25, -0.2) is 4.79 Å². The molecule has 2 saturated carbocycles. The summed E-state index contributed by atoms with van der Waals surface area (Å²) in [5.41, 5.74) is 4.02. The number of nitrogens with two attached hydrogens (primary N) is 1. The second-order valence-corrected chi connectivity index (χ2v) is 5.60. The first-order valence-electron chi connectivity index (χ1n) is 6.23. The van der Waals surface area contributed by atoms with Crippen LogP contribution in [0.25, 0.3) is 0 Å². The lowest BCUT2D eigenvalue weighted by atomic mass is 9.91. The van der Waals surface area contributed by atoms with Crippen molar-refractivity contribution in [3.63, 3.8) is 0 Å². The molecular formula is C12H20N2O3. The van der Waals surface area contributed by atoms with Crippen molar-refractivity contribution in [2.24, 2.45) is 11.7 Å². The summed E-state index contributed by atoms with van der Waals surface area (Å²) < 4.78 is 0. The van der Waals surface area contributed by atoms with E-state index in [-0.39, 0.29) is 11.8 Å². The van der Waals surface area contributed by atoms with Crippen LogP contribution in [0.5, 0.6) is 0 Å². The van der Waals surface area contributed by atoms with Crippen molar-refractivity contribution < 1.29 is 14.7 Å². The van der Waals surface area contributed by atoms with Gasteiger partial charge in [-0.2, -0.15) is 0 Å². The highest BCUT2D eigenvalue weighted by molar-refractivity contribution is 5.92. The molecule has 2 aliphatic rings. The SMILES string of the molecule is CC(NC(=O)C1(N)CCCC1)(C(=O)O)C1CC1. The van der Waals surface area contributed by atoms with Crippen LogP contribution in [-0.2, 0) is 9.59 Å². The first-order valence-corrected chi connectivity index (χ1v) is 6.23. The highest BCUT2D eigenvalue weighted by Gasteiger charge is 2.51. The fourth-order valence-corrected chi connectivity index (χ4v) is 2.58. The second-order valence-electron chi connectivity index (χ2n) is 5.60.